The molecule has 0 aromatic heterocycles. The van der Waals surface area contributed by atoms with E-state index in [9.17, 15) is 13.2 Å². The molecule has 0 saturated heterocycles. The van der Waals surface area contributed by atoms with Gasteiger partial charge in [0, 0.05) is 9.61 Å². The number of hydrogen-bond donors (Lipinski definition) is 1. The molecule has 0 unspecified atom stereocenters. The van der Waals surface area contributed by atoms with E-state index in [1.54, 1.807) is 12.1 Å². The lowest BCUT2D eigenvalue weighted by Gasteiger charge is -2.23. The topological polar surface area (TPSA) is 66.5 Å². The van der Waals surface area contributed by atoms with E-state index in [1.165, 1.54) is 5.56 Å². The predicted molar refractivity (Wildman–Crippen MR) is 114 cm³/mol. The molecule has 2 rings (SSSR count). The molecule has 2 aromatic carbocycles. The van der Waals surface area contributed by atoms with Gasteiger partial charge in [0.25, 0.3) is 0 Å². The van der Waals surface area contributed by atoms with Gasteiger partial charge in [-0.05, 0) is 72.2 Å². The van der Waals surface area contributed by atoms with Gasteiger partial charge in [0.05, 0.1) is 11.9 Å². The second kappa shape index (κ2) is 9.36. The smallest absolute Gasteiger partial charge is 0.240 e. The molecule has 140 valence electrons. The molecular formula is C19H23IN2O3S. The van der Waals surface area contributed by atoms with Crippen LogP contribution in [0.2, 0.25) is 0 Å². The lowest BCUT2D eigenvalue weighted by molar-refractivity contribution is -0.120. The Kier molecular flexibility index (Phi) is 7.45. The maximum atomic E-state index is 12.3. The fourth-order valence-electron chi connectivity index (χ4n) is 2.56. The summed E-state index contributed by atoms with van der Waals surface area (Å²) in [6.07, 6.45) is 2.75. The van der Waals surface area contributed by atoms with Gasteiger partial charge in [-0.2, -0.15) is 0 Å². The van der Waals surface area contributed by atoms with Crippen LogP contribution in [-0.4, -0.2) is 33.2 Å². The minimum absolute atomic E-state index is 0.0409. The minimum atomic E-state index is -3.55. The number of anilines is 1. The van der Waals surface area contributed by atoms with Crippen molar-refractivity contribution >= 4 is 44.2 Å². The number of sulfonamides is 1. The zero-order valence-electron chi connectivity index (χ0n) is 14.9. The SMILES string of the molecule is C[C@H](CCc1ccccc1)NC(=O)CN(c1ccc(I)cc1)S(C)(=O)=O. The van der Waals surface area contributed by atoms with Gasteiger partial charge in [-0.25, -0.2) is 8.42 Å². The quantitative estimate of drug-likeness (QED) is 0.583. The highest BCUT2D eigenvalue weighted by molar-refractivity contribution is 14.1. The van der Waals surface area contributed by atoms with Crippen molar-refractivity contribution in [2.24, 2.45) is 0 Å². The predicted octanol–water partition coefficient (Wildman–Crippen LogP) is 3.19. The van der Waals surface area contributed by atoms with Gasteiger partial charge < -0.3 is 5.32 Å². The number of amides is 1. The number of carbonyl (C=O) groups is 1. The molecule has 26 heavy (non-hydrogen) atoms. The number of nitrogens with zero attached hydrogens (tertiary/aromatic N) is 1. The van der Waals surface area contributed by atoms with E-state index >= 15 is 0 Å². The van der Waals surface area contributed by atoms with Crippen molar-refractivity contribution in [3.8, 4) is 0 Å². The number of carbonyl (C=O) groups excluding carboxylic acids is 1. The first-order valence-electron chi connectivity index (χ1n) is 8.32. The van der Waals surface area contributed by atoms with Crippen molar-refractivity contribution in [3.63, 3.8) is 0 Å². The monoisotopic (exact) mass is 486 g/mol. The maximum absolute atomic E-state index is 12.3. The molecule has 0 spiro atoms. The molecule has 0 aliphatic rings. The molecule has 5 nitrogen and oxygen atoms in total. The van der Waals surface area contributed by atoms with Crippen molar-refractivity contribution in [2.45, 2.75) is 25.8 Å². The van der Waals surface area contributed by atoms with Gasteiger partial charge in [-0.15, -0.1) is 0 Å². The third-order valence-electron chi connectivity index (χ3n) is 3.92. The number of hydrogen-bond acceptors (Lipinski definition) is 3. The Hall–Kier alpha value is -1.61. The molecule has 0 saturated carbocycles. The van der Waals surface area contributed by atoms with E-state index in [4.69, 9.17) is 0 Å². The lowest BCUT2D eigenvalue weighted by Crippen LogP contribution is -2.43. The first-order chi connectivity index (χ1) is 12.3. The van der Waals surface area contributed by atoms with Crippen LogP contribution >= 0.6 is 22.6 Å². The zero-order valence-corrected chi connectivity index (χ0v) is 17.8. The summed E-state index contributed by atoms with van der Waals surface area (Å²) in [5.74, 6) is -0.311. The molecule has 0 radical (unpaired) electrons. The average molecular weight is 486 g/mol. The second-order valence-electron chi connectivity index (χ2n) is 6.24. The summed E-state index contributed by atoms with van der Waals surface area (Å²) < 4.78 is 26.3. The van der Waals surface area contributed by atoms with Gasteiger partial charge in [0.1, 0.15) is 6.54 Å². The fraction of sp³-hybridized carbons (Fsp3) is 0.316. The van der Waals surface area contributed by atoms with Crippen LogP contribution < -0.4 is 9.62 Å². The van der Waals surface area contributed by atoms with Crippen molar-refractivity contribution < 1.29 is 13.2 Å². The van der Waals surface area contributed by atoms with E-state index in [0.29, 0.717) is 5.69 Å². The number of aryl methyl sites for hydroxylation is 1. The summed E-state index contributed by atoms with van der Waals surface area (Å²) in [5, 5.41) is 2.89. The van der Waals surface area contributed by atoms with Crippen molar-refractivity contribution in [2.75, 3.05) is 17.1 Å². The normalized spacial score (nSPS) is 12.4. The van der Waals surface area contributed by atoms with E-state index < -0.39 is 10.0 Å². The van der Waals surface area contributed by atoms with Crippen molar-refractivity contribution in [3.05, 3.63) is 63.7 Å². The molecule has 1 atom stereocenters. The Morgan fingerprint density at radius 3 is 2.31 bits per heavy atom. The number of benzene rings is 2. The van der Waals surface area contributed by atoms with Crippen LogP contribution in [0.3, 0.4) is 0 Å². The standard InChI is InChI=1S/C19H23IN2O3S/c1-15(8-9-16-6-4-3-5-7-16)21-19(23)14-22(26(2,24)25)18-12-10-17(20)11-13-18/h3-7,10-13,15H,8-9,14H2,1-2H3,(H,21,23)/t15-/m1/s1. The first kappa shape index (κ1) is 20.7. The van der Waals surface area contributed by atoms with E-state index in [1.807, 2.05) is 37.3 Å². The van der Waals surface area contributed by atoms with Crippen LogP contribution in [0.4, 0.5) is 5.69 Å². The number of halogens is 1. The molecule has 0 fully saturated rings. The fourth-order valence-corrected chi connectivity index (χ4v) is 3.77. The Morgan fingerprint density at radius 1 is 1.12 bits per heavy atom. The highest BCUT2D eigenvalue weighted by atomic mass is 127. The third-order valence-corrected chi connectivity index (χ3v) is 5.78. The molecule has 0 aliphatic heterocycles. The average Bonchev–Trinajstić information content (AvgIpc) is 2.59. The summed E-state index contributed by atoms with van der Waals surface area (Å²) in [6, 6.07) is 17.0. The van der Waals surface area contributed by atoms with Crippen molar-refractivity contribution in [1.82, 2.24) is 5.32 Å². The summed E-state index contributed by atoms with van der Waals surface area (Å²) in [4.78, 5) is 12.3. The Labute approximate surface area is 169 Å². The van der Waals surface area contributed by atoms with Gasteiger partial charge >= 0.3 is 0 Å². The van der Waals surface area contributed by atoms with Crippen molar-refractivity contribution in [1.29, 1.82) is 0 Å². The number of nitrogens with one attached hydrogen (secondary N) is 1. The summed E-state index contributed by atoms with van der Waals surface area (Å²) in [7, 11) is -3.55. The summed E-state index contributed by atoms with van der Waals surface area (Å²) in [5.41, 5.74) is 1.70. The molecule has 0 aliphatic carbocycles. The summed E-state index contributed by atoms with van der Waals surface area (Å²) >= 11 is 2.15. The minimum Gasteiger partial charge on any atom is -0.352 e. The molecule has 0 heterocycles. The Bertz CT molecular complexity index is 824. The molecule has 1 amide bonds. The van der Waals surface area contributed by atoms with E-state index in [0.717, 1.165) is 27.0 Å². The Morgan fingerprint density at radius 2 is 1.73 bits per heavy atom. The van der Waals surface area contributed by atoms with Crippen LogP contribution in [0.5, 0.6) is 0 Å². The third kappa shape index (κ3) is 6.60. The summed E-state index contributed by atoms with van der Waals surface area (Å²) in [6.45, 7) is 1.70. The molecule has 0 bridgehead atoms. The van der Waals surface area contributed by atoms with Crippen LogP contribution in [0.1, 0.15) is 18.9 Å². The highest BCUT2D eigenvalue weighted by Crippen LogP contribution is 2.19. The number of rotatable bonds is 8. The van der Waals surface area contributed by atoms with Crippen LogP contribution in [-0.2, 0) is 21.2 Å². The van der Waals surface area contributed by atoms with Gasteiger partial charge in [-0.3, -0.25) is 9.10 Å². The zero-order chi connectivity index (χ0) is 19.2. The highest BCUT2D eigenvalue weighted by Gasteiger charge is 2.21. The lowest BCUT2D eigenvalue weighted by atomic mass is 10.1. The van der Waals surface area contributed by atoms with Crippen LogP contribution in [0, 0.1) is 3.57 Å². The molecular weight excluding hydrogens is 463 g/mol. The Balaban J connectivity index is 1.95. The first-order valence-corrected chi connectivity index (χ1v) is 11.2. The van der Waals surface area contributed by atoms with Gasteiger partial charge in [-0.1, -0.05) is 30.3 Å². The second-order valence-corrected chi connectivity index (χ2v) is 9.39. The van der Waals surface area contributed by atoms with Gasteiger partial charge in [0.15, 0.2) is 0 Å². The van der Waals surface area contributed by atoms with E-state index in [2.05, 4.69) is 40.0 Å². The van der Waals surface area contributed by atoms with Crippen LogP contribution in [0.15, 0.2) is 54.6 Å². The largest absolute Gasteiger partial charge is 0.352 e. The molecule has 7 heteroatoms. The molecule has 1 N–H and O–H groups in total. The molecule has 2 aromatic rings. The van der Waals surface area contributed by atoms with Crippen LogP contribution in [0.25, 0.3) is 0 Å². The van der Waals surface area contributed by atoms with E-state index in [-0.39, 0.29) is 18.5 Å². The maximum Gasteiger partial charge on any atom is 0.240 e. The van der Waals surface area contributed by atoms with Gasteiger partial charge in [0.2, 0.25) is 15.9 Å².